The summed E-state index contributed by atoms with van der Waals surface area (Å²) in [5, 5.41) is 2.65. The standard InChI is InChI=1S/C11H7BrCl2N4O/c12-5-1-2-7(15)6(3-5)11(19)18-8-9(13)16-4-17-10(8)14/h1-4H,15H2,(H,18,19). The summed E-state index contributed by atoms with van der Waals surface area (Å²) in [6.07, 6.45) is 1.20. The summed E-state index contributed by atoms with van der Waals surface area (Å²) in [4.78, 5) is 19.6. The van der Waals surface area contributed by atoms with Crippen LogP contribution >= 0.6 is 39.1 Å². The van der Waals surface area contributed by atoms with Gasteiger partial charge in [-0.3, -0.25) is 4.79 Å². The van der Waals surface area contributed by atoms with E-state index in [-0.39, 0.29) is 16.0 Å². The van der Waals surface area contributed by atoms with Gasteiger partial charge in [-0.05, 0) is 18.2 Å². The minimum absolute atomic E-state index is 0.0573. The molecule has 2 aromatic rings. The van der Waals surface area contributed by atoms with Crippen molar-refractivity contribution in [3.63, 3.8) is 0 Å². The quantitative estimate of drug-likeness (QED) is 0.634. The van der Waals surface area contributed by atoms with Crippen molar-refractivity contribution >= 4 is 56.4 Å². The largest absolute Gasteiger partial charge is 0.398 e. The van der Waals surface area contributed by atoms with Crippen molar-refractivity contribution in [2.24, 2.45) is 0 Å². The molecule has 8 heteroatoms. The van der Waals surface area contributed by atoms with E-state index in [0.29, 0.717) is 11.3 Å². The molecule has 0 saturated carbocycles. The zero-order chi connectivity index (χ0) is 14.0. The number of carbonyl (C=O) groups excluding carboxylic acids is 1. The first-order valence-electron chi connectivity index (χ1n) is 5.01. The SMILES string of the molecule is Nc1ccc(Br)cc1C(=O)Nc1c(Cl)ncnc1Cl. The molecule has 0 aliphatic carbocycles. The number of nitrogens with one attached hydrogen (secondary N) is 1. The maximum Gasteiger partial charge on any atom is 0.257 e. The van der Waals surface area contributed by atoms with Gasteiger partial charge in [0.1, 0.15) is 12.0 Å². The van der Waals surface area contributed by atoms with Gasteiger partial charge in [-0.25, -0.2) is 9.97 Å². The van der Waals surface area contributed by atoms with Gasteiger partial charge < -0.3 is 11.1 Å². The Bertz CT molecular complexity index is 630. The van der Waals surface area contributed by atoms with Crippen molar-refractivity contribution in [2.75, 3.05) is 11.1 Å². The van der Waals surface area contributed by atoms with Gasteiger partial charge in [-0.1, -0.05) is 39.1 Å². The molecule has 0 fully saturated rings. The van der Waals surface area contributed by atoms with Crippen molar-refractivity contribution in [1.82, 2.24) is 9.97 Å². The minimum Gasteiger partial charge on any atom is -0.398 e. The Morgan fingerprint density at radius 1 is 1.26 bits per heavy atom. The van der Waals surface area contributed by atoms with Crippen LogP contribution in [0.5, 0.6) is 0 Å². The summed E-state index contributed by atoms with van der Waals surface area (Å²) in [6.45, 7) is 0. The highest BCUT2D eigenvalue weighted by Crippen LogP contribution is 2.27. The third kappa shape index (κ3) is 3.15. The molecule has 0 atom stereocenters. The van der Waals surface area contributed by atoms with E-state index in [1.165, 1.54) is 6.33 Å². The first-order chi connectivity index (χ1) is 8.99. The first-order valence-corrected chi connectivity index (χ1v) is 6.56. The number of anilines is 2. The summed E-state index contributed by atoms with van der Waals surface area (Å²) in [6, 6.07) is 4.94. The fourth-order valence-corrected chi connectivity index (χ4v) is 2.12. The van der Waals surface area contributed by atoms with E-state index in [4.69, 9.17) is 28.9 Å². The second-order valence-corrected chi connectivity index (χ2v) is 5.15. The minimum atomic E-state index is -0.447. The Morgan fingerprint density at radius 2 is 1.89 bits per heavy atom. The van der Waals surface area contributed by atoms with Gasteiger partial charge in [0.05, 0.1) is 5.56 Å². The average Bonchev–Trinajstić information content (AvgIpc) is 2.37. The third-order valence-corrected chi connectivity index (χ3v) is 3.32. The van der Waals surface area contributed by atoms with Crippen molar-refractivity contribution in [3.05, 3.63) is 44.9 Å². The Hall–Kier alpha value is -1.37. The van der Waals surface area contributed by atoms with E-state index in [1.807, 2.05) is 0 Å². The van der Waals surface area contributed by atoms with Gasteiger partial charge in [0.15, 0.2) is 10.3 Å². The zero-order valence-electron chi connectivity index (χ0n) is 9.32. The molecule has 0 unspecified atom stereocenters. The lowest BCUT2D eigenvalue weighted by Crippen LogP contribution is -2.15. The van der Waals surface area contributed by atoms with Gasteiger partial charge >= 0.3 is 0 Å². The molecule has 1 amide bonds. The van der Waals surface area contributed by atoms with Crippen LogP contribution in [0, 0.1) is 0 Å². The molecule has 1 aromatic carbocycles. The monoisotopic (exact) mass is 360 g/mol. The summed E-state index contributed by atoms with van der Waals surface area (Å²) in [5.41, 5.74) is 6.52. The second-order valence-electron chi connectivity index (χ2n) is 3.52. The van der Waals surface area contributed by atoms with Crippen molar-refractivity contribution in [1.29, 1.82) is 0 Å². The van der Waals surface area contributed by atoms with Crippen molar-refractivity contribution in [3.8, 4) is 0 Å². The van der Waals surface area contributed by atoms with Crippen LogP contribution in [0.4, 0.5) is 11.4 Å². The van der Waals surface area contributed by atoms with E-state index in [2.05, 4.69) is 31.2 Å². The highest BCUT2D eigenvalue weighted by atomic mass is 79.9. The molecule has 3 N–H and O–H groups in total. The number of hydrogen-bond donors (Lipinski definition) is 2. The normalized spacial score (nSPS) is 10.3. The number of nitrogens with two attached hydrogens (primary N) is 1. The van der Waals surface area contributed by atoms with Crippen LogP contribution in [0.3, 0.4) is 0 Å². The third-order valence-electron chi connectivity index (χ3n) is 2.25. The van der Waals surface area contributed by atoms with Crippen LogP contribution in [-0.2, 0) is 0 Å². The molecule has 0 saturated heterocycles. The average molecular weight is 362 g/mol. The van der Waals surface area contributed by atoms with Crippen LogP contribution in [0.25, 0.3) is 0 Å². The Labute approximate surface area is 127 Å². The molecule has 0 aliphatic rings. The molecule has 0 radical (unpaired) electrons. The summed E-state index contributed by atoms with van der Waals surface area (Å²) < 4.78 is 0.730. The maximum atomic E-state index is 12.1. The molecule has 98 valence electrons. The zero-order valence-corrected chi connectivity index (χ0v) is 12.4. The Morgan fingerprint density at radius 3 is 2.53 bits per heavy atom. The molecule has 0 bridgehead atoms. The lowest BCUT2D eigenvalue weighted by atomic mass is 10.1. The lowest BCUT2D eigenvalue weighted by molar-refractivity contribution is 0.102. The number of amides is 1. The fraction of sp³-hybridized carbons (Fsp3) is 0. The molecular weight excluding hydrogens is 355 g/mol. The first kappa shape index (κ1) is 14.0. The number of nitrogens with zero attached hydrogens (tertiary/aromatic N) is 2. The van der Waals surface area contributed by atoms with E-state index < -0.39 is 5.91 Å². The van der Waals surface area contributed by atoms with Crippen LogP contribution in [0.1, 0.15) is 10.4 Å². The van der Waals surface area contributed by atoms with Gasteiger partial charge in [0.2, 0.25) is 0 Å². The van der Waals surface area contributed by atoms with E-state index in [1.54, 1.807) is 18.2 Å². The molecule has 5 nitrogen and oxygen atoms in total. The van der Waals surface area contributed by atoms with Crippen LogP contribution in [0.15, 0.2) is 29.0 Å². The summed E-state index contributed by atoms with van der Waals surface area (Å²) in [5.74, 6) is -0.447. The number of benzene rings is 1. The number of aromatic nitrogens is 2. The number of halogens is 3. The molecule has 19 heavy (non-hydrogen) atoms. The van der Waals surface area contributed by atoms with Gasteiger partial charge in [0.25, 0.3) is 5.91 Å². The van der Waals surface area contributed by atoms with Gasteiger partial charge in [-0.15, -0.1) is 0 Å². The fourth-order valence-electron chi connectivity index (χ4n) is 1.35. The topological polar surface area (TPSA) is 80.9 Å². The van der Waals surface area contributed by atoms with Crippen molar-refractivity contribution < 1.29 is 4.79 Å². The molecule has 2 rings (SSSR count). The number of rotatable bonds is 2. The predicted molar refractivity (Wildman–Crippen MR) is 78.6 cm³/mol. The van der Waals surface area contributed by atoms with E-state index in [9.17, 15) is 4.79 Å². The molecule has 0 aliphatic heterocycles. The maximum absolute atomic E-state index is 12.1. The molecule has 0 spiro atoms. The highest BCUT2D eigenvalue weighted by Gasteiger charge is 2.15. The smallest absolute Gasteiger partial charge is 0.257 e. The Balaban J connectivity index is 2.34. The summed E-state index contributed by atoms with van der Waals surface area (Å²) >= 11 is 14.9. The van der Waals surface area contributed by atoms with Crippen LogP contribution in [-0.4, -0.2) is 15.9 Å². The number of hydrogen-bond acceptors (Lipinski definition) is 4. The molecular formula is C11H7BrCl2N4O. The number of carbonyl (C=O) groups is 1. The summed E-state index contributed by atoms with van der Waals surface area (Å²) in [7, 11) is 0. The molecule has 1 heterocycles. The van der Waals surface area contributed by atoms with E-state index in [0.717, 1.165) is 4.47 Å². The second kappa shape index (κ2) is 5.73. The lowest BCUT2D eigenvalue weighted by Gasteiger charge is -2.09. The van der Waals surface area contributed by atoms with E-state index >= 15 is 0 Å². The van der Waals surface area contributed by atoms with Crippen LogP contribution < -0.4 is 11.1 Å². The van der Waals surface area contributed by atoms with Gasteiger partial charge in [0, 0.05) is 10.2 Å². The predicted octanol–water partition coefficient (Wildman–Crippen LogP) is 3.38. The number of nitrogen functional groups attached to an aromatic ring is 1. The van der Waals surface area contributed by atoms with Crippen LogP contribution in [0.2, 0.25) is 10.3 Å². The van der Waals surface area contributed by atoms with Crippen molar-refractivity contribution in [2.45, 2.75) is 0 Å². The Kier molecular flexibility index (Phi) is 4.24. The highest BCUT2D eigenvalue weighted by molar-refractivity contribution is 9.10. The van der Waals surface area contributed by atoms with Gasteiger partial charge in [-0.2, -0.15) is 0 Å². The molecule has 1 aromatic heterocycles.